The smallest absolute Gasteiger partial charge is 0.242 e. The van der Waals surface area contributed by atoms with E-state index < -0.39 is 10.0 Å². The second-order valence-corrected chi connectivity index (χ2v) is 8.71. The van der Waals surface area contributed by atoms with Crippen LogP contribution >= 0.6 is 12.4 Å². The summed E-state index contributed by atoms with van der Waals surface area (Å²) in [4.78, 5) is 16.8. The van der Waals surface area contributed by atoms with Crippen LogP contribution in [-0.4, -0.2) is 55.4 Å². The minimum absolute atomic E-state index is 0. The number of halogens is 1. The summed E-state index contributed by atoms with van der Waals surface area (Å²) >= 11 is 0. The van der Waals surface area contributed by atoms with Gasteiger partial charge in [-0.05, 0) is 44.5 Å². The molecule has 0 bridgehead atoms. The highest BCUT2D eigenvalue weighted by Crippen LogP contribution is 2.22. The molecule has 0 saturated carbocycles. The van der Waals surface area contributed by atoms with Gasteiger partial charge >= 0.3 is 0 Å². The standard InChI is InChI=1S/C18H29N5O3S.ClH/c1-4-23-16-8-7-14(27(25,26)22(2)3)13-15(16)21-17(23)9-10-18(24)20-12-6-5-11-19;/h7-8,13H,4-6,9-12,19H2,1-3H3,(H,20,24);1H. The van der Waals surface area contributed by atoms with E-state index in [2.05, 4.69) is 10.3 Å². The third-order valence-corrected chi connectivity index (χ3v) is 6.23. The Labute approximate surface area is 172 Å². The average molecular weight is 432 g/mol. The van der Waals surface area contributed by atoms with E-state index in [1.54, 1.807) is 18.2 Å². The van der Waals surface area contributed by atoms with Gasteiger partial charge in [0.2, 0.25) is 15.9 Å². The van der Waals surface area contributed by atoms with Crippen molar-refractivity contribution in [3.63, 3.8) is 0 Å². The highest BCUT2D eigenvalue weighted by atomic mass is 35.5. The van der Waals surface area contributed by atoms with Gasteiger partial charge in [0.25, 0.3) is 0 Å². The van der Waals surface area contributed by atoms with E-state index in [0.29, 0.717) is 38.0 Å². The van der Waals surface area contributed by atoms with E-state index in [-0.39, 0.29) is 23.2 Å². The van der Waals surface area contributed by atoms with Gasteiger partial charge in [-0.15, -0.1) is 12.4 Å². The number of hydrogen-bond donors (Lipinski definition) is 2. The third-order valence-electron chi connectivity index (χ3n) is 4.42. The number of nitrogens with zero attached hydrogens (tertiary/aromatic N) is 3. The van der Waals surface area contributed by atoms with Crippen molar-refractivity contribution in [1.29, 1.82) is 0 Å². The molecule has 0 fully saturated rings. The third kappa shape index (κ3) is 5.66. The Balaban J connectivity index is 0.00000392. The number of carbonyl (C=O) groups is 1. The number of unbranched alkanes of at least 4 members (excludes halogenated alkanes) is 1. The number of rotatable bonds is 10. The van der Waals surface area contributed by atoms with Gasteiger partial charge in [0.05, 0.1) is 15.9 Å². The van der Waals surface area contributed by atoms with Crippen LogP contribution in [0.25, 0.3) is 11.0 Å². The summed E-state index contributed by atoms with van der Waals surface area (Å²) in [5.41, 5.74) is 6.93. The van der Waals surface area contributed by atoms with E-state index in [1.807, 2.05) is 11.5 Å². The molecule has 1 aromatic carbocycles. The SMILES string of the molecule is CCn1c(CCC(=O)NCCCCN)nc2cc(S(=O)(=O)N(C)C)ccc21.Cl. The molecule has 8 nitrogen and oxygen atoms in total. The molecule has 28 heavy (non-hydrogen) atoms. The molecule has 0 unspecified atom stereocenters. The van der Waals surface area contributed by atoms with Crippen LogP contribution in [0.1, 0.15) is 32.0 Å². The Kier molecular flexibility index (Phi) is 9.35. The van der Waals surface area contributed by atoms with Gasteiger partial charge in [-0.2, -0.15) is 0 Å². The van der Waals surface area contributed by atoms with E-state index >= 15 is 0 Å². The number of fused-ring (bicyclic) bond motifs is 1. The Bertz CT molecular complexity index is 896. The van der Waals surface area contributed by atoms with Crippen LogP contribution in [-0.2, 0) is 27.8 Å². The molecule has 1 aromatic heterocycles. The van der Waals surface area contributed by atoms with Gasteiger partial charge in [-0.25, -0.2) is 17.7 Å². The number of sulfonamides is 1. The lowest BCUT2D eigenvalue weighted by Crippen LogP contribution is -2.25. The number of aryl methyl sites for hydroxylation is 2. The molecule has 0 saturated heterocycles. The first-order valence-electron chi connectivity index (χ1n) is 9.19. The van der Waals surface area contributed by atoms with Crippen LogP contribution in [0.3, 0.4) is 0 Å². The summed E-state index contributed by atoms with van der Waals surface area (Å²) in [6, 6.07) is 4.96. The quantitative estimate of drug-likeness (QED) is 0.554. The molecule has 0 aliphatic rings. The number of carbonyl (C=O) groups excluding carboxylic acids is 1. The maximum Gasteiger partial charge on any atom is 0.242 e. The van der Waals surface area contributed by atoms with Crippen LogP contribution in [0.4, 0.5) is 0 Å². The summed E-state index contributed by atoms with van der Waals surface area (Å²) in [6.45, 7) is 3.96. The van der Waals surface area contributed by atoms with Crippen molar-refractivity contribution in [2.75, 3.05) is 27.2 Å². The largest absolute Gasteiger partial charge is 0.356 e. The lowest BCUT2D eigenvalue weighted by molar-refractivity contribution is -0.121. The zero-order valence-electron chi connectivity index (χ0n) is 16.6. The monoisotopic (exact) mass is 431 g/mol. The second kappa shape index (κ2) is 10.8. The minimum atomic E-state index is -3.51. The van der Waals surface area contributed by atoms with Crippen molar-refractivity contribution in [3.05, 3.63) is 24.0 Å². The molecule has 0 aliphatic heterocycles. The van der Waals surface area contributed by atoms with E-state index in [4.69, 9.17) is 5.73 Å². The molecule has 10 heteroatoms. The lowest BCUT2D eigenvalue weighted by Gasteiger charge is -2.11. The molecule has 2 rings (SSSR count). The van der Waals surface area contributed by atoms with Crippen LogP contribution in [0.15, 0.2) is 23.1 Å². The molecule has 3 N–H and O–H groups in total. The fraction of sp³-hybridized carbons (Fsp3) is 0.556. The van der Waals surface area contributed by atoms with E-state index in [0.717, 1.165) is 24.2 Å². The summed E-state index contributed by atoms with van der Waals surface area (Å²) in [5.74, 6) is 0.765. The minimum Gasteiger partial charge on any atom is -0.356 e. The maximum atomic E-state index is 12.3. The van der Waals surface area contributed by atoms with Gasteiger partial charge in [-0.1, -0.05) is 0 Å². The maximum absolute atomic E-state index is 12.3. The van der Waals surface area contributed by atoms with Crippen molar-refractivity contribution >= 4 is 39.4 Å². The van der Waals surface area contributed by atoms with Gasteiger partial charge in [-0.3, -0.25) is 4.79 Å². The van der Waals surface area contributed by atoms with E-state index in [9.17, 15) is 13.2 Å². The molecule has 0 spiro atoms. The summed E-state index contributed by atoms with van der Waals surface area (Å²) < 4.78 is 27.9. The fourth-order valence-electron chi connectivity index (χ4n) is 2.89. The molecule has 158 valence electrons. The second-order valence-electron chi connectivity index (χ2n) is 6.56. The average Bonchev–Trinajstić information content (AvgIpc) is 3.00. The number of aromatic nitrogens is 2. The van der Waals surface area contributed by atoms with Crippen molar-refractivity contribution < 1.29 is 13.2 Å². The first-order valence-corrected chi connectivity index (χ1v) is 10.6. The van der Waals surface area contributed by atoms with Crippen molar-refractivity contribution in [3.8, 4) is 0 Å². The zero-order chi connectivity index (χ0) is 20.0. The van der Waals surface area contributed by atoms with Gasteiger partial charge in [0.1, 0.15) is 5.82 Å². The van der Waals surface area contributed by atoms with Crippen LogP contribution in [0, 0.1) is 0 Å². The predicted molar refractivity (Wildman–Crippen MR) is 113 cm³/mol. The Morgan fingerprint density at radius 2 is 2.00 bits per heavy atom. The van der Waals surface area contributed by atoms with Gasteiger partial charge in [0.15, 0.2) is 0 Å². The predicted octanol–water partition coefficient (Wildman–Crippen LogP) is 1.52. The number of benzene rings is 1. The topological polar surface area (TPSA) is 110 Å². The Hall–Kier alpha value is -1.68. The first kappa shape index (κ1) is 24.4. The zero-order valence-corrected chi connectivity index (χ0v) is 18.3. The van der Waals surface area contributed by atoms with Crippen LogP contribution in [0.5, 0.6) is 0 Å². The highest BCUT2D eigenvalue weighted by molar-refractivity contribution is 7.89. The number of nitrogens with one attached hydrogen (secondary N) is 1. The van der Waals surface area contributed by atoms with Gasteiger partial charge < -0.3 is 15.6 Å². The van der Waals surface area contributed by atoms with Gasteiger partial charge in [0, 0.05) is 40.0 Å². The van der Waals surface area contributed by atoms with Crippen molar-refractivity contribution in [1.82, 2.24) is 19.2 Å². The summed E-state index contributed by atoms with van der Waals surface area (Å²) in [7, 11) is -0.505. The number of nitrogens with two attached hydrogens (primary N) is 1. The fourth-order valence-corrected chi connectivity index (χ4v) is 3.81. The molecule has 0 atom stereocenters. The van der Waals surface area contributed by atoms with Crippen LogP contribution < -0.4 is 11.1 Å². The summed E-state index contributed by atoms with van der Waals surface area (Å²) in [5, 5.41) is 2.88. The van der Waals surface area contributed by atoms with Crippen molar-refractivity contribution in [2.45, 2.75) is 44.0 Å². The normalized spacial score (nSPS) is 11.6. The number of amides is 1. The molecular formula is C18H30ClN5O3S. The lowest BCUT2D eigenvalue weighted by atomic mass is 10.2. The molecule has 0 aliphatic carbocycles. The van der Waals surface area contributed by atoms with Crippen molar-refractivity contribution in [2.24, 2.45) is 5.73 Å². The molecule has 2 aromatic rings. The number of hydrogen-bond acceptors (Lipinski definition) is 5. The molecule has 1 amide bonds. The highest BCUT2D eigenvalue weighted by Gasteiger charge is 2.19. The Morgan fingerprint density at radius 1 is 1.29 bits per heavy atom. The molecule has 0 radical (unpaired) electrons. The summed E-state index contributed by atoms with van der Waals surface area (Å²) in [6.07, 6.45) is 2.61. The molecule has 1 heterocycles. The van der Waals surface area contributed by atoms with E-state index in [1.165, 1.54) is 18.4 Å². The Morgan fingerprint density at radius 3 is 2.61 bits per heavy atom. The molecular weight excluding hydrogens is 402 g/mol. The van der Waals surface area contributed by atoms with Crippen LogP contribution in [0.2, 0.25) is 0 Å². The first-order chi connectivity index (χ1) is 12.8. The number of imidazole rings is 1.